The molecule has 3 rings (SSSR count). The number of anilines is 2. The number of hydrogen-bond donors (Lipinski definition) is 2. The van der Waals surface area contributed by atoms with Crippen molar-refractivity contribution in [3.63, 3.8) is 0 Å². The zero-order chi connectivity index (χ0) is 20.1. The van der Waals surface area contributed by atoms with E-state index < -0.39 is 10.8 Å². The number of carbonyl (C=O) groups is 2. The Labute approximate surface area is 162 Å². The van der Waals surface area contributed by atoms with Gasteiger partial charge in [0.2, 0.25) is 11.8 Å². The first-order chi connectivity index (χ1) is 13.5. The lowest BCUT2D eigenvalue weighted by Crippen LogP contribution is -2.35. The molecule has 0 saturated carbocycles. The van der Waals surface area contributed by atoms with Gasteiger partial charge in [-0.15, -0.1) is 0 Å². The summed E-state index contributed by atoms with van der Waals surface area (Å²) in [5.74, 6) is -0.658. The fourth-order valence-electron chi connectivity index (χ4n) is 3.17. The number of amides is 2. The van der Waals surface area contributed by atoms with Gasteiger partial charge >= 0.3 is 0 Å². The van der Waals surface area contributed by atoms with E-state index in [1.807, 2.05) is 31.2 Å². The predicted octanol–water partition coefficient (Wildman–Crippen LogP) is 2.48. The van der Waals surface area contributed by atoms with Crippen molar-refractivity contribution >= 4 is 28.9 Å². The third kappa shape index (κ3) is 4.46. The largest absolute Gasteiger partial charge is 0.378 e. The third-order valence-electron chi connectivity index (χ3n) is 4.68. The average molecular weight is 382 g/mol. The average Bonchev–Trinajstić information content (AvgIpc) is 3.07. The summed E-state index contributed by atoms with van der Waals surface area (Å²) in [5.41, 5.74) is 2.30. The van der Waals surface area contributed by atoms with E-state index in [1.54, 1.807) is 23.1 Å². The van der Waals surface area contributed by atoms with Gasteiger partial charge in [0.1, 0.15) is 5.69 Å². The van der Waals surface area contributed by atoms with Gasteiger partial charge in [-0.25, -0.2) is 0 Å². The summed E-state index contributed by atoms with van der Waals surface area (Å²) < 4.78 is 0. The Bertz CT molecular complexity index is 882. The fourth-order valence-corrected chi connectivity index (χ4v) is 3.17. The maximum Gasteiger partial charge on any atom is 0.292 e. The van der Waals surface area contributed by atoms with Crippen LogP contribution < -0.4 is 15.5 Å². The van der Waals surface area contributed by atoms with Crippen LogP contribution in [0.2, 0.25) is 0 Å². The third-order valence-corrected chi connectivity index (χ3v) is 4.68. The van der Waals surface area contributed by atoms with Gasteiger partial charge in [0.05, 0.1) is 10.8 Å². The van der Waals surface area contributed by atoms with E-state index in [0.29, 0.717) is 25.3 Å². The van der Waals surface area contributed by atoms with Crippen LogP contribution in [0.25, 0.3) is 0 Å². The number of hydrogen-bond acceptors (Lipinski definition) is 5. The molecule has 2 N–H and O–H groups in total. The molecule has 8 heteroatoms. The molecule has 0 aromatic heterocycles. The molecule has 0 bridgehead atoms. The van der Waals surface area contributed by atoms with Crippen molar-refractivity contribution in [1.29, 1.82) is 0 Å². The minimum absolute atomic E-state index is 0.0102. The number of nitrogens with one attached hydrogen (secondary N) is 2. The molecular weight excluding hydrogens is 360 g/mol. The first-order valence-corrected chi connectivity index (χ1v) is 9.07. The molecule has 1 fully saturated rings. The molecule has 1 atom stereocenters. The molecule has 1 aliphatic heterocycles. The van der Waals surface area contributed by atoms with E-state index in [4.69, 9.17) is 0 Å². The topological polar surface area (TPSA) is 105 Å². The van der Waals surface area contributed by atoms with Gasteiger partial charge < -0.3 is 15.5 Å². The Hall–Kier alpha value is -3.42. The summed E-state index contributed by atoms with van der Waals surface area (Å²) in [6, 6.07) is 14.0. The minimum atomic E-state index is -0.454. The molecule has 1 aliphatic rings. The number of aryl methyl sites for hydroxylation is 1. The van der Waals surface area contributed by atoms with Crippen LogP contribution in [0.3, 0.4) is 0 Å². The van der Waals surface area contributed by atoms with Crippen LogP contribution in [-0.4, -0.2) is 36.4 Å². The number of benzene rings is 2. The molecular formula is C20H22N4O4. The van der Waals surface area contributed by atoms with Crippen molar-refractivity contribution in [2.24, 2.45) is 5.92 Å². The number of nitrogens with zero attached hydrogens (tertiary/aromatic N) is 2. The maximum atomic E-state index is 12.4. The lowest BCUT2D eigenvalue weighted by atomic mass is 10.1. The van der Waals surface area contributed by atoms with Crippen molar-refractivity contribution in [3.8, 4) is 0 Å². The van der Waals surface area contributed by atoms with Crippen LogP contribution in [-0.2, 0) is 9.59 Å². The first-order valence-electron chi connectivity index (χ1n) is 9.07. The Kier molecular flexibility index (Phi) is 5.88. The summed E-state index contributed by atoms with van der Waals surface area (Å²) in [6.07, 6.45) is 0.178. The van der Waals surface area contributed by atoms with Gasteiger partial charge in [0.25, 0.3) is 5.69 Å². The summed E-state index contributed by atoms with van der Waals surface area (Å²) >= 11 is 0. The Balaban J connectivity index is 1.49. The summed E-state index contributed by atoms with van der Waals surface area (Å²) in [7, 11) is 0. The maximum absolute atomic E-state index is 12.4. The van der Waals surface area contributed by atoms with Gasteiger partial charge in [-0.05, 0) is 25.1 Å². The second-order valence-electron chi connectivity index (χ2n) is 6.73. The highest BCUT2D eigenvalue weighted by Gasteiger charge is 2.34. The van der Waals surface area contributed by atoms with Crippen molar-refractivity contribution < 1.29 is 14.5 Å². The molecule has 1 heterocycles. The van der Waals surface area contributed by atoms with Crippen LogP contribution in [0.4, 0.5) is 17.1 Å². The number of carbonyl (C=O) groups excluding carboxylic acids is 2. The number of nitro groups is 1. The smallest absolute Gasteiger partial charge is 0.292 e. The molecule has 0 aliphatic carbocycles. The monoisotopic (exact) mass is 382 g/mol. The molecule has 28 heavy (non-hydrogen) atoms. The highest BCUT2D eigenvalue weighted by atomic mass is 16.6. The van der Waals surface area contributed by atoms with Crippen LogP contribution >= 0.6 is 0 Å². The van der Waals surface area contributed by atoms with E-state index in [-0.39, 0.29) is 23.9 Å². The quantitative estimate of drug-likeness (QED) is 0.435. The lowest BCUT2D eigenvalue weighted by molar-refractivity contribution is -0.384. The van der Waals surface area contributed by atoms with Crippen LogP contribution in [0.5, 0.6) is 0 Å². The molecule has 146 valence electrons. The molecule has 0 spiro atoms. The second kappa shape index (κ2) is 8.51. The SMILES string of the molecule is Cc1ccc(N2C[C@@H](C(=O)NCCNc3ccccc3[N+](=O)[O-])CC2=O)cc1. The van der Waals surface area contributed by atoms with Gasteiger partial charge in [0.15, 0.2) is 0 Å². The molecule has 2 aromatic carbocycles. The number of rotatable bonds is 7. The van der Waals surface area contributed by atoms with Gasteiger partial charge in [0, 0.05) is 37.8 Å². The van der Waals surface area contributed by atoms with Gasteiger partial charge in [-0.1, -0.05) is 29.8 Å². The van der Waals surface area contributed by atoms with Crippen LogP contribution in [0, 0.1) is 23.0 Å². The lowest BCUT2D eigenvalue weighted by Gasteiger charge is -2.17. The van der Waals surface area contributed by atoms with E-state index in [2.05, 4.69) is 10.6 Å². The van der Waals surface area contributed by atoms with E-state index in [0.717, 1.165) is 11.3 Å². The highest BCUT2D eigenvalue weighted by Crippen LogP contribution is 2.25. The molecule has 1 saturated heterocycles. The minimum Gasteiger partial charge on any atom is -0.378 e. The highest BCUT2D eigenvalue weighted by molar-refractivity contribution is 6.00. The Morgan fingerprint density at radius 3 is 2.61 bits per heavy atom. The zero-order valence-electron chi connectivity index (χ0n) is 15.6. The Morgan fingerprint density at radius 1 is 1.18 bits per heavy atom. The summed E-state index contributed by atoms with van der Waals surface area (Å²) in [6.45, 7) is 2.98. The standard InChI is InChI=1S/C20H22N4O4/c1-14-6-8-16(9-7-14)23-13-15(12-19(23)25)20(26)22-11-10-21-17-4-2-3-5-18(17)24(27)28/h2-9,15,21H,10-13H2,1H3,(H,22,26)/t15-/m0/s1. The number of nitro benzene ring substituents is 1. The van der Waals surface area contributed by atoms with E-state index >= 15 is 0 Å². The fraction of sp³-hybridized carbons (Fsp3) is 0.300. The van der Waals surface area contributed by atoms with Crippen molar-refractivity contribution in [3.05, 3.63) is 64.2 Å². The normalized spacial score (nSPS) is 16.1. The number of para-hydroxylation sites is 2. The van der Waals surface area contributed by atoms with Gasteiger partial charge in [-0.3, -0.25) is 19.7 Å². The summed E-state index contributed by atoms with van der Waals surface area (Å²) in [5, 5.41) is 16.7. The molecule has 2 aromatic rings. The first kappa shape index (κ1) is 19.3. The molecule has 8 nitrogen and oxygen atoms in total. The molecule has 0 unspecified atom stereocenters. The molecule has 0 radical (unpaired) electrons. The van der Waals surface area contributed by atoms with Crippen LogP contribution in [0.15, 0.2) is 48.5 Å². The second-order valence-corrected chi connectivity index (χ2v) is 6.73. The van der Waals surface area contributed by atoms with E-state index in [1.165, 1.54) is 6.07 Å². The Morgan fingerprint density at radius 2 is 1.89 bits per heavy atom. The zero-order valence-corrected chi connectivity index (χ0v) is 15.6. The van der Waals surface area contributed by atoms with Crippen LogP contribution in [0.1, 0.15) is 12.0 Å². The van der Waals surface area contributed by atoms with Crippen molar-refractivity contribution in [2.75, 3.05) is 29.9 Å². The molecule has 2 amide bonds. The van der Waals surface area contributed by atoms with E-state index in [9.17, 15) is 19.7 Å². The summed E-state index contributed by atoms with van der Waals surface area (Å²) in [4.78, 5) is 36.8. The van der Waals surface area contributed by atoms with Gasteiger partial charge in [-0.2, -0.15) is 0 Å². The van der Waals surface area contributed by atoms with Crippen molar-refractivity contribution in [1.82, 2.24) is 5.32 Å². The van der Waals surface area contributed by atoms with Crippen molar-refractivity contribution in [2.45, 2.75) is 13.3 Å². The predicted molar refractivity (Wildman–Crippen MR) is 106 cm³/mol.